The number of halogens is 1. The lowest BCUT2D eigenvalue weighted by Gasteiger charge is -1.92. The van der Waals surface area contributed by atoms with Gasteiger partial charge in [0.05, 0.1) is 6.21 Å². The molecule has 1 rings (SSSR count). The van der Waals surface area contributed by atoms with Crippen molar-refractivity contribution in [2.24, 2.45) is 5.16 Å². The summed E-state index contributed by atoms with van der Waals surface area (Å²) in [5.41, 5.74) is 1.02. The minimum atomic E-state index is 1.02. The summed E-state index contributed by atoms with van der Waals surface area (Å²) in [6.07, 6.45) is 1.66. The van der Waals surface area contributed by atoms with Crippen LogP contribution in [0.3, 0.4) is 0 Å². The molecular formula is C8H8BrNO. The van der Waals surface area contributed by atoms with Crippen molar-refractivity contribution in [3.05, 3.63) is 34.3 Å². The van der Waals surface area contributed by atoms with Gasteiger partial charge in [0, 0.05) is 4.47 Å². The van der Waals surface area contributed by atoms with Crippen molar-refractivity contribution in [3.8, 4) is 0 Å². The van der Waals surface area contributed by atoms with E-state index < -0.39 is 0 Å². The minimum Gasteiger partial charge on any atom is -0.399 e. The van der Waals surface area contributed by atoms with Crippen LogP contribution in [-0.2, 0) is 4.84 Å². The maximum Gasteiger partial charge on any atom is 0.106 e. The molecular weight excluding hydrogens is 206 g/mol. The Bertz CT molecular complexity index is 260. The van der Waals surface area contributed by atoms with Crippen molar-refractivity contribution in [1.29, 1.82) is 0 Å². The Balaban J connectivity index is 2.79. The van der Waals surface area contributed by atoms with Gasteiger partial charge in [0.15, 0.2) is 0 Å². The lowest BCUT2D eigenvalue weighted by atomic mass is 10.2. The third kappa shape index (κ3) is 2.72. The van der Waals surface area contributed by atoms with Crippen LogP contribution >= 0.6 is 15.9 Å². The van der Waals surface area contributed by atoms with Crippen LogP contribution in [0.1, 0.15) is 5.56 Å². The molecule has 0 fully saturated rings. The molecule has 0 heterocycles. The standard InChI is InChI=1S/C8H8BrNO/c1-11-10-6-7-3-2-4-8(9)5-7/h2-6H,1H3/b10-6+. The fourth-order valence-corrected chi connectivity index (χ4v) is 1.12. The normalized spacial score (nSPS) is 10.4. The molecule has 0 saturated carbocycles. The van der Waals surface area contributed by atoms with Gasteiger partial charge in [-0.25, -0.2) is 0 Å². The SMILES string of the molecule is CO/N=C/c1cccc(Br)c1. The zero-order valence-electron chi connectivity index (χ0n) is 6.12. The predicted molar refractivity (Wildman–Crippen MR) is 48.7 cm³/mol. The average molecular weight is 214 g/mol. The van der Waals surface area contributed by atoms with Crippen molar-refractivity contribution in [1.82, 2.24) is 0 Å². The molecule has 58 valence electrons. The summed E-state index contributed by atoms with van der Waals surface area (Å²) in [6, 6.07) is 7.82. The van der Waals surface area contributed by atoms with E-state index in [-0.39, 0.29) is 0 Å². The fraction of sp³-hybridized carbons (Fsp3) is 0.125. The molecule has 0 aliphatic heterocycles. The maximum absolute atomic E-state index is 4.54. The van der Waals surface area contributed by atoms with Gasteiger partial charge in [-0.15, -0.1) is 0 Å². The van der Waals surface area contributed by atoms with E-state index in [9.17, 15) is 0 Å². The Labute approximate surface area is 74.0 Å². The molecule has 0 aliphatic rings. The van der Waals surface area contributed by atoms with Gasteiger partial charge >= 0.3 is 0 Å². The summed E-state index contributed by atoms with van der Waals surface area (Å²) in [5, 5.41) is 3.64. The van der Waals surface area contributed by atoms with E-state index in [4.69, 9.17) is 0 Å². The molecule has 0 aromatic heterocycles. The highest BCUT2D eigenvalue weighted by molar-refractivity contribution is 9.10. The number of oxime groups is 1. The third-order valence-corrected chi connectivity index (χ3v) is 1.65. The molecule has 1 aromatic carbocycles. The molecule has 0 radical (unpaired) electrons. The quantitative estimate of drug-likeness (QED) is 0.547. The van der Waals surface area contributed by atoms with E-state index in [1.165, 1.54) is 7.11 Å². The van der Waals surface area contributed by atoms with Crippen molar-refractivity contribution >= 4 is 22.1 Å². The topological polar surface area (TPSA) is 21.6 Å². The molecule has 0 spiro atoms. The largest absolute Gasteiger partial charge is 0.399 e. The molecule has 0 bridgehead atoms. The van der Waals surface area contributed by atoms with Crippen LogP contribution in [-0.4, -0.2) is 13.3 Å². The van der Waals surface area contributed by atoms with Crippen LogP contribution < -0.4 is 0 Å². The van der Waals surface area contributed by atoms with Crippen molar-refractivity contribution in [3.63, 3.8) is 0 Å². The Morgan fingerprint density at radius 1 is 1.55 bits per heavy atom. The number of benzene rings is 1. The number of hydrogen-bond acceptors (Lipinski definition) is 2. The second-order valence-corrected chi connectivity index (χ2v) is 2.89. The number of hydrogen-bond donors (Lipinski definition) is 0. The van der Waals surface area contributed by atoms with Crippen LogP contribution in [0.5, 0.6) is 0 Å². The van der Waals surface area contributed by atoms with E-state index in [1.54, 1.807) is 6.21 Å². The van der Waals surface area contributed by atoms with Gasteiger partial charge < -0.3 is 4.84 Å². The first-order valence-electron chi connectivity index (χ1n) is 3.15. The fourth-order valence-electron chi connectivity index (χ4n) is 0.700. The monoisotopic (exact) mass is 213 g/mol. The van der Waals surface area contributed by atoms with Crippen LogP contribution in [0.4, 0.5) is 0 Å². The number of rotatable bonds is 2. The van der Waals surface area contributed by atoms with Gasteiger partial charge in [-0.3, -0.25) is 0 Å². The summed E-state index contributed by atoms with van der Waals surface area (Å²) < 4.78 is 1.04. The highest BCUT2D eigenvalue weighted by Gasteiger charge is 1.87. The van der Waals surface area contributed by atoms with Crippen LogP contribution in [0, 0.1) is 0 Å². The van der Waals surface area contributed by atoms with Crippen molar-refractivity contribution in [2.75, 3.05) is 7.11 Å². The van der Waals surface area contributed by atoms with Gasteiger partial charge in [-0.05, 0) is 17.7 Å². The summed E-state index contributed by atoms with van der Waals surface area (Å²) in [4.78, 5) is 4.54. The molecule has 11 heavy (non-hydrogen) atoms. The highest BCUT2D eigenvalue weighted by Crippen LogP contribution is 2.09. The van der Waals surface area contributed by atoms with Crippen molar-refractivity contribution < 1.29 is 4.84 Å². The van der Waals surface area contributed by atoms with E-state index in [0.717, 1.165) is 10.0 Å². The summed E-state index contributed by atoms with van der Waals surface area (Å²) in [6.45, 7) is 0. The van der Waals surface area contributed by atoms with Crippen LogP contribution in [0.2, 0.25) is 0 Å². The van der Waals surface area contributed by atoms with Gasteiger partial charge in [-0.2, -0.15) is 0 Å². The Kier molecular flexibility index (Phi) is 3.11. The molecule has 0 unspecified atom stereocenters. The zero-order chi connectivity index (χ0) is 8.10. The van der Waals surface area contributed by atoms with Crippen LogP contribution in [0.25, 0.3) is 0 Å². The molecule has 0 saturated heterocycles. The van der Waals surface area contributed by atoms with E-state index in [2.05, 4.69) is 25.9 Å². The molecule has 1 aromatic rings. The Morgan fingerprint density at radius 2 is 2.36 bits per heavy atom. The van der Waals surface area contributed by atoms with Crippen LogP contribution in [0.15, 0.2) is 33.9 Å². The first-order chi connectivity index (χ1) is 5.33. The Morgan fingerprint density at radius 3 is 3.00 bits per heavy atom. The average Bonchev–Trinajstić information content (AvgIpc) is 2.01. The molecule has 0 atom stereocenters. The van der Waals surface area contributed by atoms with Gasteiger partial charge in [0.25, 0.3) is 0 Å². The first-order valence-corrected chi connectivity index (χ1v) is 3.94. The third-order valence-electron chi connectivity index (χ3n) is 1.16. The molecule has 0 aliphatic carbocycles. The van der Waals surface area contributed by atoms with E-state index in [1.807, 2.05) is 24.3 Å². The molecule has 3 heteroatoms. The summed E-state index contributed by atoms with van der Waals surface area (Å²) in [7, 11) is 1.52. The summed E-state index contributed by atoms with van der Waals surface area (Å²) in [5.74, 6) is 0. The van der Waals surface area contributed by atoms with Gasteiger partial charge in [0.2, 0.25) is 0 Å². The predicted octanol–water partition coefficient (Wildman–Crippen LogP) is 2.43. The lowest BCUT2D eigenvalue weighted by Crippen LogP contribution is -1.80. The molecule has 2 nitrogen and oxygen atoms in total. The smallest absolute Gasteiger partial charge is 0.106 e. The number of nitrogens with zero attached hydrogens (tertiary/aromatic N) is 1. The molecule has 0 amide bonds. The van der Waals surface area contributed by atoms with E-state index >= 15 is 0 Å². The zero-order valence-corrected chi connectivity index (χ0v) is 7.71. The van der Waals surface area contributed by atoms with Crippen molar-refractivity contribution in [2.45, 2.75) is 0 Å². The lowest BCUT2D eigenvalue weighted by molar-refractivity contribution is 0.215. The van der Waals surface area contributed by atoms with Gasteiger partial charge in [-0.1, -0.05) is 33.2 Å². The Hall–Kier alpha value is -0.830. The second kappa shape index (κ2) is 4.13. The second-order valence-electron chi connectivity index (χ2n) is 1.97. The minimum absolute atomic E-state index is 1.02. The molecule has 0 N–H and O–H groups in total. The maximum atomic E-state index is 4.54. The van der Waals surface area contributed by atoms with E-state index in [0.29, 0.717) is 0 Å². The first kappa shape index (κ1) is 8.27. The highest BCUT2D eigenvalue weighted by atomic mass is 79.9. The van der Waals surface area contributed by atoms with Gasteiger partial charge in [0.1, 0.15) is 7.11 Å². The summed E-state index contributed by atoms with van der Waals surface area (Å²) >= 11 is 3.35.